The fourth-order valence-corrected chi connectivity index (χ4v) is 5.19. The number of piperidine rings is 1. The van der Waals surface area contributed by atoms with E-state index in [1.54, 1.807) is 6.20 Å². The third-order valence-corrected chi connectivity index (χ3v) is 6.62. The lowest BCUT2D eigenvalue weighted by atomic mass is 9.66. The molecule has 25 heavy (non-hydrogen) atoms. The first kappa shape index (κ1) is 16.6. The van der Waals surface area contributed by atoms with Gasteiger partial charge in [-0.05, 0) is 54.7 Å². The summed E-state index contributed by atoms with van der Waals surface area (Å²) in [6.45, 7) is 5.52. The fraction of sp³-hybridized carbons (Fsp3) is 0.619. The first-order valence-electron chi connectivity index (χ1n) is 9.80. The van der Waals surface area contributed by atoms with Crippen molar-refractivity contribution in [3.8, 4) is 0 Å². The van der Waals surface area contributed by atoms with Crippen LogP contribution in [0.3, 0.4) is 0 Å². The smallest absolute Gasteiger partial charge is 0.223 e. The lowest BCUT2D eigenvalue weighted by Crippen LogP contribution is -2.54. The Morgan fingerprint density at radius 2 is 2.24 bits per heavy atom. The molecule has 2 fully saturated rings. The molecule has 2 aromatic rings. The van der Waals surface area contributed by atoms with Crippen molar-refractivity contribution in [1.29, 1.82) is 0 Å². The van der Waals surface area contributed by atoms with Crippen molar-refractivity contribution < 1.29 is 4.79 Å². The van der Waals surface area contributed by atoms with Crippen LogP contribution in [0, 0.1) is 5.41 Å². The first-order valence-corrected chi connectivity index (χ1v) is 9.80. The highest BCUT2D eigenvalue weighted by Crippen LogP contribution is 2.46. The molecular formula is C21H29N3O. The van der Waals surface area contributed by atoms with E-state index in [1.165, 1.54) is 37.7 Å². The molecule has 0 bridgehead atoms. The van der Waals surface area contributed by atoms with Gasteiger partial charge in [-0.1, -0.05) is 26.7 Å². The second-order valence-electron chi connectivity index (χ2n) is 8.36. The minimum Gasteiger partial charge on any atom is -0.346 e. The maximum Gasteiger partial charge on any atom is 0.223 e. The number of aromatic nitrogens is 2. The topological polar surface area (TPSA) is 49.0 Å². The molecule has 1 N–H and O–H groups in total. The molecule has 0 spiro atoms. The van der Waals surface area contributed by atoms with Crippen LogP contribution in [0.1, 0.15) is 70.3 Å². The molecule has 2 aromatic heterocycles. The Bertz CT molecular complexity index is 763. The van der Waals surface area contributed by atoms with E-state index in [0.29, 0.717) is 23.8 Å². The summed E-state index contributed by atoms with van der Waals surface area (Å²) in [7, 11) is 0. The van der Waals surface area contributed by atoms with Gasteiger partial charge in [0.1, 0.15) is 5.65 Å². The number of H-pyrrole nitrogens is 1. The number of amides is 1. The van der Waals surface area contributed by atoms with Gasteiger partial charge in [-0.15, -0.1) is 0 Å². The number of nitrogens with zero attached hydrogens (tertiary/aromatic N) is 2. The molecule has 3 unspecified atom stereocenters. The first-order chi connectivity index (χ1) is 12.1. The Morgan fingerprint density at radius 3 is 3.12 bits per heavy atom. The Kier molecular flexibility index (Phi) is 4.30. The summed E-state index contributed by atoms with van der Waals surface area (Å²) in [5, 5.41) is 1.14. The van der Waals surface area contributed by atoms with Crippen LogP contribution in [0.25, 0.3) is 11.0 Å². The molecule has 1 aliphatic heterocycles. The maximum atomic E-state index is 13.1. The van der Waals surface area contributed by atoms with Gasteiger partial charge >= 0.3 is 0 Å². The number of carbonyl (C=O) groups excluding carboxylic acids is 1. The van der Waals surface area contributed by atoms with Crippen LogP contribution in [0.15, 0.2) is 24.5 Å². The highest BCUT2D eigenvalue weighted by molar-refractivity contribution is 5.82. The van der Waals surface area contributed by atoms with Gasteiger partial charge in [-0.2, -0.15) is 0 Å². The normalized spacial score (nSPS) is 27.9. The van der Waals surface area contributed by atoms with E-state index < -0.39 is 0 Å². The second kappa shape index (κ2) is 6.47. The van der Waals surface area contributed by atoms with Gasteiger partial charge in [-0.25, -0.2) is 4.98 Å². The molecule has 1 amide bonds. The monoisotopic (exact) mass is 339 g/mol. The highest BCUT2D eigenvalue weighted by atomic mass is 16.2. The predicted octanol–water partition coefficient (Wildman–Crippen LogP) is 4.63. The number of rotatable bonds is 3. The van der Waals surface area contributed by atoms with Gasteiger partial charge in [0, 0.05) is 36.8 Å². The van der Waals surface area contributed by atoms with Gasteiger partial charge in [0.15, 0.2) is 0 Å². The largest absolute Gasteiger partial charge is 0.346 e. The van der Waals surface area contributed by atoms with Crippen molar-refractivity contribution in [1.82, 2.24) is 14.9 Å². The quantitative estimate of drug-likeness (QED) is 0.886. The zero-order valence-corrected chi connectivity index (χ0v) is 15.4. The lowest BCUT2D eigenvalue weighted by molar-refractivity contribution is -0.141. The SMILES string of the molecule is CC(CC(=O)N1CCCC2(C)CCCCC12)c1c[nH]c2ncccc12. The Morgan fingerprint density at radius 1 is 1.40 bits per heavy atom. The van der Waals surface area contributed by atoms with Crippen LogP contribution in [0.5, 0.6) is 0 Å². The molecule has 2 aliphatic rings. The van der Waals surface area contributed by atoms with E-state index in [1.807, 2.05) is 12.3 Å². The maximum absolute atomic E-state index is 13.1. The lowest BCUT2D eigenvalue weighted by Gasteiger charge is -2.51. The molecule has 1 aliphatic carbocycles. The summed E-state index contributed by atoms with van der Waals surface area (Å²) in [4.78, 5) is 23.0. The van der Waals surface area contributed by atoms with E-state index in [4.69, 9.17) is 0 Å². The second-order valence-corrected chi connectivity index (χ2v) is 8.36. The average Bonchev–Trinajstić information content (AvgIpc) is 3.04. The summed E-state index contributed by atoms with van der Waals surface area (Å²) in [6, 6.07) is 4.51. The number of carbonyl (C=O) groups is 1. The number of aromatic amines is 1. The summed E-state index contributed by atoms with van der Waals surface area (Å²) in [5.41, 5.74) is 2.47. The van der Waals surface area contributed by atoms with Crippen molar-refractivity contribution in [2.45, 2.75) is 70.8 Å². The van der Waals surface area contributed by atoms with E-state index in [9.17, 15) is 4.79 Å². The Hall–Kier alpha value is -1.84. The van der Waals surface area contributed by atoms with Crippen molar-refractivity contribution in [3.05, 3.63) is 30.1 Å². The number of nitrogens with one attached hydrogen (secondary N) is 1. The van der Waals surface area contributed by atoms with E-state index in [2.05, 4.69) is 34.8 Å². The molecule has 1 saturated carbocycles. The predicted molar refractivity (Wildman–Crippen MR) is 100 cm³/mol. The van der Waals surface area contributed by atoms with Crippen LogP contribution in [0.4, 0.5) is 0 Å². The van der Waals surface area contributed by atoms with Gasteiger partial charge in [0.05, 0.1) is 0 Å². The Balaban J connectivity index is 1.51. The zero-order chi connectivity index (χ0) is 17.4. The van der Waals surface area contributed by atoms with E-state index in [0.717, 1.165) is 24.0 Å². The average molecular weight is 339 g/mol. The summed E-state index contributed by atoms with van der Waals surface area (Å²) >= 11 is 0. The molecule has 4 heteroatoms. The fourth-order valence-electron chi connectivity index (χ4n) is 5.19. The molecule has 0 aromatic carbocycles. The van der Waals surface area contributed by atoms with Gasteiger partial charge in [0.2, 0.25) is 5.91 Å². The van der Waals surface area contributed by atoms with Crippen molar-refractivity contribution >= 4 is 16.9 Å². The molecule has 1 saturated heterocycles. The molecule has 4 rings (SSSR count). The van der Waals surface area contributed by atoms with Gasteiger partial charge in [-0.3, -0.25) is 4.79 Å². The molecule has 0 radical (unpaired) electrons. The molecule has 4 nitrogen and oxygen atoms in total. The summed E-state index contributed by atoms with van der Waals surface area (Å²) in [6.07, 6.45) is 11.9. The number of hydrogen-bond donors (Lipinski definition) is 1. The van der Waals surface area contributed by atoms with Gasteiger partial charge in [0.25, 0.3) is 0 Å². The third-order valence-electron chi connectivity index (χ3n) is 6.62. The molecule has 3 atom stereocenters. The summed E-state index contributed by atoms with van der Waals surface area (Å²) < 4.78 is 0. The third kappa shape index (κ3) is 2.96. The minimum atomic E-state index is 0.210. The van der Waals surface area contributed by atoms with Crippen LogP contribution in [-0.2, 0) is 4.79 Å². The van der Waals surface area contributed by atoms with Crippen LogP contribution >= 0.6 is 0 Å². The summed E-state index contributed by atoms with van der Waals surface area (Å²) in [5.74, 6) is 0.547. The van der Waals surface area contributed by atoms with Crippen molar-refractivity contribution in [2.75, 3.05) is 6.54 Å². The number of pyridine rings is 1. The number of fused-ring (bicyclic) bond motifs is 2. The number of likely N-dealkylation sites (tertiary alicyclic amines) is 1. The minimum absolute atomic E-state index is 0.210. The highest BCUT2D eigenvalue weighted by Gasteiger charge is 2.44. The van der Waals surface area contributed by atoms with Crippen LogP contribution < -0.4 is 0 Å². The molecule has 134 valence electrons. The van der Waals surface area contributed by atoms with E-state index in [-0.39, 0.29) is 5.92 Å². The number of hydrogen-bond acceptors (Lipinski definition) is 2. The van der Waals surface area contributed by atoms with Gasteiger partial charge < -0.3 is 9.88 Å². The molecular weight excluding hydrogens is 310 g/mol. The molecule has 3 heterocycles. The van der Waals surface area contributed by atoms with E-state index >= 15 is 0 Å². The Labute approximate surface area is 150 Å². The zero-order valence-electron chi connectivity index (χ0n) is 15.4. The van der Waals surface area contributed by atoms with Crippen molar-refractivity contribution in [2.24, 2.45) is 5.41 Å². The van der Waals surface area contributed by atoms with Crippen LogP contribution in [0.2, 0.25) is 0 Å². The standard InChI is InChI=1S/C21H29N3O/c1-15(17-14-23-20-16(17)7-5-11-22-20)13-19(25)24-12-6-10-21(2)9-4-3-8-18(21)24/h5,7,11,14-15,18H,3-4,6,8-10,12-13H2,1-2H3,(H,22,23). The van der Waals surface area contributed by atoms with Crippen molar-refractivity contribution in [3.63, 3.8) is 0 Å². The van der Waals surface area contributed by atoms with Crippen LogP contribution in [-0.4, -0.2) is 33.4 Å².